The third-order valence-corrected chi connectivity index (χ3v) is 4.16. The van der Waals surface area contributed by atoms with Crippen LogP contribution >= 0.6 is 0 Å². The van der Waals surface area contributed by atoms with E-state index in [4.69, 9.17) is 9.26 Å². The molecule has 0 fully saturated rings. The molecule has 0 saturated heterocycles. The summed E-state index contributed by atoms with van der Waals surface area (Å²) in [5.41, 5.74) is 2.24. The molecule has 0 bridgehead atoms. The van der Waals surface area contributed by atoms with Crippen LogP contribution in [0, 0.1) is 20.8 Å². The molecule has 2 amide bonds. The number of esters is 1. The van der Waals surface area contributed by atoms with E-state index in [2.05, 4.69) is 10.5 Å². The second kappa shape index (κ2) is 9.68. The summed E-state index contributed by atoms with van der Waals surface area (Å²) >= 11 is 0. The van der Waals surface area contributed by atoms with Gasteiger partial charge in [-0.2, -0.15) is 0 Å². The van der Waals surface area contributed by atoms with E-state index in [-0.39, 0.29) is 18.0 Å². The molecule has 1 aromatic carbocycles. The molecule has 0 spiro atoms. The lowest BCUT2D eigenvalue weighted by molar-refractivity contribution is -0.137. The molecule has 1 N–H and O–H groups in total. The Kier molecular flexibility index (Phi) is 7.31. The Labute approximate surface area is 163 Å². The minimum Gasteiger partial charge on any atom is -0.452 e. The zero-order valence-corrected chi connectivity index (χ0v) is 16.6. The van der Waals surface area contributed by atoms with Gasteiger partial charge in [-0.25, -0.2) is 4.79 Å². The Hall–Kier alpha value is -3.16. The minimum absolute atomic E-state index is 0.121. The molecule has 0 aliphatic rings. The highest BCUT2D eigenvalue weighted by Crippen LogP contribution is 2.14. The van der Waals surface area contributed by atoms with Crippen molar-refractivity contribution in [3.63, 3.8) is 0 Å². The summed E-state index contributed by atoms with van der Waals surface area (Å²) < 4.78 is 10.0. The van der Waals surface area contributed by atoms with E-state index in [0.717, 1.165) is 5.56 Å². The highest BCUT2D eigenvalue weighted by molar-refractivity contribution is 5.96. The Morgan fingerprint density at radius 3 is 2.50 bits per heavy atom. The molecule has 8 nitrogen and oxygen atoms in total. The molecule has 0 aliphatic carbocycles. The van der Waals surface area contributed by atoms with E-state index in [1.54, 1.807) is 19.9 Å². The highest BCUT2D eigenvalue weighted by Gasteiger charge is 2.22. The van der Waals surface area contributed by atoms with Gasteiger partial charge in [-0.3, -0.25) is 9.59 Å². The minimum atomic E-state index is -0.676. The van der Waals surface area contributed by atoms with Gasteiger partial charge in [0, 0.05) is 12.2 Å². The van der Waals surface area contributed by atoms with Crippen molar-refractivity contribution in [1.29, 1.82) is 0 Å². The number of benzene rings is 1. The van der Waals surface area contributed by atoms with Crippen molar-refractivity contribution in [2.24, 2.45) is 0 Å². The van der Waals surface area contributed by atoms with Crippen LogP contribution < -0.4 is 5.32 Å². The monoisotopic (exact) mass is 387 g/mol. The van der Waals surface area contributed by atoms with Crippen LogP contribution in [-0.4, -0.2) is 47.5 Å². The van der Waals surface area contributed by atoms with Gasteiger partial charge < -0.3 is 19.5 Å². The van der Waals surface area contributed by atoms with Crippen molar-refractivity contribution < 1.29 is 23.6 Å². The molecule has 28 heavy (non-hydrogen) atoms. The summed E-state index contributed by atoms with van der Waals surface area (Å²) in [4.78, 5) is 38.3. The van der Waals surface area contributed by atoms with Crippen molar-refractivity contribution in [2.75, 3.05) is 25.0 Å². The van der Waals surface area contributed by atoms with Crippen LogP contribution in [0.1, 0.15) is 40.7 Å². The second-order valence-corrected chi connectivity index (χ2v) is 6.45. The molecular formula is C20H25N3O5. The number of carbonyl (C=O) groups is 3. The van der Waals surface area contributed by atoms with Gasteiger partial charge >= 0.3 is 5.97 Å². The average Bonchev–Trinajstić information content (AvgIpc) is 2.99. The first-order chi connectivity index (χ1) is 13.3. The predicted molar refractivity (Wildman–Crippen MR) is 103 cm³/mol. The number of rotatable bonds is 8. The van der Waals surface area contributed by atoms with E-state index in [9.17, 15) is 14.4 Å². The Balaban J connectivity index is 1.94. The van der Waals surface area contributed by atoms with Crippen LogP contribution in [0.4, 0.5) is 5.69 Å². The molecule has 150 valence electrons. The van der Waals surface area contributed by atoms with Crippen molar-refractivity contribution in [3.8, 4) is 0 Å². The van der Waals surface area contributed by atoms with E-state index in [1.165, 1.54) is 4.90 Å². The maximum absolute atomic E-state index is 12.5. The van der Waals surface area contributed by atoms with Gasteiger partial charge in [-0.1, -0.05) is 30.3 Å². The number of amides is 2. The van der Waals surface area contributed by atoms with Crippen molar-refractivity contribution >= 4 is 23.5 Å². The zero-order chi connectivity index (χ0) is 20.7. The summed E-state index contributed by atoms with van der Waals surface area (Å²) in [6.45, 7) is 6.80. The largest absolute Gasteiger partial charge is 0.452 e. The summed E-state index contributed by atoms with van der Waals surface area (Å²) in [6.07, 6.45) is 0.668. The number of anilines is 1. The van der Waals surface area contributed by atoms with Crippen LogP contribution in [0.5, 0.6) is 0 Å². The maximum atomic E-state index is 12.5. The first kappa shape index (κ1) is 21.1. The van der Waals surface area contributed by atoms with E-state index in [0.29, 0.717) is 30.1 Å². The van der Waals surface area contributed by atoms with Crippen LogP contribution in [0.3, 0.4) is 0 Å². The standard InChI is InChI=1S/C20H25N3O5/c1-5-10-23(11-17(24)21-16-9-7-6-8-13(16)2)18(25)12-27-20(26)19-14(3)22-28-15(19)4/h6-9H,5,10-12H2,1-4H3,(H,21,24). The number of para-hydroxylation sites is 1. The van der Waals surface area contributed by atoms with Crippen molar-refractivity contribution in [3.05, 3.63) is 46.8 Å². The van der Waals surface area contributed by atoms with Crippen molar-refractivity contribution in [2.45, 2.75) is 34.1 Å². The molecule has 0 unspecified atom stereocenters. The Morgan fingerprint density at radius 2 is 1.89 bits per heavy atom. The number of aryl methyl sites for hydroxylation is 3. The highest BCUT2D eigenvalue weighted by atomic mass is 16.5. The smallest absolute Gasteiger partial charge is 0.344 e. The van der Waals surface area contributed by atoms with Crippen molar-refractivity contribution in [1.82, 2.24) is 10.1 Å². The topological polar surface area (TPSA) is 102 Å². The molecule has 0 atom stereocenters. The van der Waals surface area contributed by atoms with Crippen LogP contribution in [0.15, 0.2) is 28.8 Å². The van der Waals surface area contributed by atoms with E-state index < -0.39 is 18.5 Å². The maximum Gasteiger partial charge on any atom is 0.344 e. The van der Waals surface area contributed by atoms with E-state index in [1.807, 2.05) is 32.0 Å². The third kappa shape index (κ3) is 5.42. The first-order valence-electron chi connectivity index (χ1n) is 9.06. The molecular weight excluding hydrogens is 362 g/mol. The van der Waals surface area contributed by atoms with Gasteiger partial charge in [-0.15, -0.1) is 0 Å². The van der Waals surface area contributed by atoms with Gasteiger partial charge in [0.1, 0.15) is 11.3 Å². The van der Waals surface area contributed by atoms with Crippen LogP contribution in [-0.2, 0) is 14.3 Å². The van der Waals surface area contributed by atoms with Gasteiger partial charge in [0.2, 0.25) is 5.91 Å². The van der Waals surface area contributed by atoms with Crippen LogP contribution in [0.2, 0.25) is 0 Å². The van der Waals surface area contributed by atoms with Crippen LogP contribution in [0.25, 0.3) is 0 Å². The summed E-state index contributed by atoms with van der Waals surface area (Å²) in [7, 11) is 0. The fraction of sp³-hybridized carbons (Fsp3) is 0.400. The number of ether oxygens (including phenoxy) is 1. The SMILES string of the molecule is CCCN(CC(=O)Nc1ccccc1C)C(=O)COC(=O)c1c(C)noc1C. The lowest BCUT2D eigenvalue weighted by Gasteiger charge is -2.21. The summed E-state index contributed by atoms with van der Waals surface area (Å²) in [5.74, 6) is -1.10. The number of carbonyl (C=O) groups excluding carboxylic acids is 3. The molecule has 2 rings (SSSR count). The van der Waals surface area contributed by atoms with Gasteiger partial charge in [0.15, 0.2) is 6.61 Å². The molecule has 0 saturated carbocycles. The molecule has 0 aliphatic heterocycles. The quantitative estimate of drug-likeness (QED) is 0.699. The second-order valence-electron chi connectivity index (χ2n) is 6.45. The van der Waals surface area contributed by atoms with E-state index >= 15 is 0 Å². The normalized spacial score (nSPS) is 10.4. The lowest BCUT2D eigenvalue weighted by atomic mass is 10.2. The average molecular weight is 387 g/mol. The molecule has 1 heterocycles. The molecule has 1 aromatic heterocycles. The first-order valence-corrected chi connectivity index (χ1v) is 9.06. The Morgan fingerprint density at radius 1 is 1.18 bits per heavy atom. The number of hydrogen-bond acceptors (Lipinski definition) is 6. The zero-order valence-electron chi connectivity index (χ0n) is 16.6. The Bertz CT molecular complexity index is 840. The predicted octanol–water partition coefficient (Wildman–Crippen LogP) is 2.63. The van der Waals surface area contributed by atoms with Gasteiger partial charge in [0.25, 0.3) is 5.91 Å². The number of nitrogens with one attached hydrogen (secondary N) is 1. The molecule has 2 aromatic rings. The number of nitrogens with zero attached hydrogens (tertiary/aromatic N) is 2. The summed E-state index contributed by atoms with van der Waals surface area (Å²) in [6, 6.07) is 7.39. The summed E-state index contributed by atoms with van der Waals surface area (Å²) in [5, 5.41) is 6.49. The molecule has 0 radical (unpaired) electrons. The number of hydrogen-bond donors (Lipinski definition) is 1. The molecule has 8 heteroatoms. The third-order valence-electron chi connectivity index (χ3n) is 4.16. The fourth-order valence-electron chi connectivity index (χ4n) is 2.70. The fourth-order valence-corrected chi connectivity index (χ4v) is 2.70. The number of aromatic nitrogens is 1. The lowest BCUT2D eigenvalue weighted by Crippen LogP contribution is -2.40. The van der Waals surface area contributed by atoms with Gasteiger partial charge in [-0.05, 0) is 38.8 Å². The van der Waals surface area contributed by atoms with Gasteiger partial charge in [0.05, 0.1) is 12.2 Å².